The van der Waals surface area contributed by atoms with Gasteiger partial charge >= 0.3 is 5.97 Å². The number of carboxylic acid groups (broad SMARTS) is 1. The van der Waals surface area contributed by atoms with Crippen molar-refractivity contribution >= 4 is 5.97 Å². The van der Waals surface area contributed by atoms with E-state index in [-0.39, 0.29) is 5.75 Å². The third-order valence-corrected chi connectivity index (χ3v) is 4.25. The molecule has 0 radical (unpaired) electrons. The lowest BCUT2D eigenvalue weighted by atomic mass is 10.2. The normalized spacial score (nSPS) is 17.2. The van der Waals surface area contributed by atoms with Gasteiger partial charge in [-0.2, -0.15) is 0 Å². The Labute approximate surface area is 149 Å². The Kier molecular flexibility index (Phi) is 5.68. The van der Waals surface area contributed by atoms with E-state index in [1.165, 1.54) is 6.07 Å². The maximum Gasteiger partial charge on any atom is 0.320 e. The predicted molar refractivity (Wildman–Crippen MR) is 90.6 cm³/mol. The second kappa shape index (κ2) is 8.14. The van der Waals surface area contributed by atoms with Crippen LogP contribution in [0.1, 0.15) is 12.8 Å². The first-order valence-electron chi connectivity index (χ1n) is 8.36. The maximum atomic E-state index is 13.3. The van der Waals surface area contributed by atoms with Gasteiger partial charge in [0, 0.05) is 12.6 Å². The van der Waals surface area contributed by atoms with Crippen molar-refractivity contribution in [1.82, 2.24) is 4.90 Å². The van der Waals surface area contributed by atoms with Crippen molar-refractivity contribution in [2.24, 2.45) is 0 Å². The zero-order valence-electron chi connectivity index (χ0n) is 14.0. The van der Waals surface area contributed by atoms with Crippen molar-refractivity contribution in [1.29, 1.82) is 0 Å². The van der Waals surface area contributed by atoms with Gasteiger partial charge in [0.1, 0.15) is 18.4 Å². The molecule has 0 spiro atoms. The van der Waals surface area contributed by atoms with Gasteiger partial charge in [0.05, 0.1) is 0 Å². The van der Waals surface area contributed by atoms with Gasteiger partial charge in [-0.3, -0.25) is 9.69 Å². The van der Waals surface area contributed by atoms with E-state index < -0.39 is 23.6 Å². The molecule has 1 heterocycles. The van der Waals surface area contributed by atoms with Crippen LogP contribution in [0.4, 0.5) is 8.78 Å². The van der Waals surface area contributed by atoms with Gasteiger partial charge in [-0.05, 0) is 43.7 Å². The molecule has 0 bridgehead atoms. The number of aliphatic carboxylic acids is 1. The number of para-hydroxylation sites is 2. The summed E-state index contributed by atoms with van der Waals surface area (Å²) in [6.45, 7) is 1.51. The summed E-state index contributed by atoms with van der Waals surface area (Å²) in [5.74, 6) is -1.77. The SMILES string of the molecule is O=C(O)[C@@H]1CCCN1CCOc1ccccc1Oc1ccc(F)c(F)c1. The van der Waals surface area contributed by atoms with Crippen molar-refractivity contribution in [2.45, 2.75) is 18.9 Å². The molecule has 138 valence electrons. The summed E-state index contributed by atoms with van der Waals surface area (Å²) in [5, 5.41) is 9.19. The molecule has 0 unspecified atom stereocenters. The van der Waals surface area contributed by atoms with Crippen molar-refractivity contribution in [2.75, 3.05) is 19.7 Å². The van der Waals surface area contributed by atoms with Crippen LogP contribution in [-0.4, -0.2) is 41.7 Å². The van der Waals surface area contributed by atoms with Gasteiger partial charge in [0.25, 0.3) is 0 Å². The first-order valence-corrected chi connectivity index (χ1v) is 8.36. The molecule has 0 amide bonds. The van der Waals surface area contributed by atoms with Crippen LogP contribution in [-0.2, 0) is 4.79 Å². The summed E-state index contributed by atoms with van der Waals surface area (Å²) in [5.41, 5.74) is 0. The number of halogens is 2. The van der Waals surface area contributed by atoms with Crippen LogP contribution in [0.3, 0.4) is 0 Å². The molecule has 1 aliphatic rings. The Morgan fingerprint density at radius 2 is 1.92 bits per heavy atom. The number of hydrogen-bond acceptors (Lipinski definition) is 4. The summed E-state index contributed by atoms with van der Waals surface area (Å²) in [4.78, 5) is 13.1. The van der Waals surface area contributed by atoms with Gasteiger partial charge in [-0.1, -0.05) is 12.1 Å². The molecule has 1 N–H and O–H groups in total. The van der Waals surface area contributed by atoms with Gasteiger partial charge in [-0.15, -0.1) is 0 Å². The number of nitrogens with zero attached hydrogens (tertiary/aromatic N) is 1. The molecule has 0 aromatic heterocycles. The van der Waals surface area contributed by atoms with Gasteiger partial charge < -0.3 is 14.6 Å². The van der Waals surface area contributed by atoms with E-state index in [4.69, 9.17) is 9.47 Å². The second-order valence-corrected chi connectivity index (χ2v) is 6.01. The summed E-state index contributed by atoms with van der Waals surface area (Å²) in [6.07, 6.45) is 1.50. The van der Waals surface area contributed by atoms with Crippen LogP contribution in [0, 0.1) is 11.6 Å². The third kappa shape index (κ3) is 4.29. The first kappa shape index (κ1) is 18.1. The van der Waals surface area contributed by atoms with E-state index in [0.717, 1.165) is 25.1 Å². The smallest absolute Gasteiger partial charge is 0.320 e. The fraction of sp³-hybridized carbons (Fsp3) is 0.316. The van der Waals surface area contributed by atoms with E-state index in [9.17, 15) is 18.7 Å². The van der Waals surface area contributed by atoms with Crippen molar-refractivity contribution < 1.29 is 28.2 Å². The van der Waals surface area contributed by atoms with E-state index in [0.29, 0.717) is 31.1 Å². The number of carbonyl (C=O) groups is 1. The summed E-state index contributed by atoms with van der Waals surface area (Å²) in [6, 6.07) is 9.69. The Balaban J connectivity index is 1.62. The molecule has 1 atom stereocenters. The zero-order valence-corrected chi connectivity index (χ0v) is 14.0. The molecule has 1 saturated heterocycles. The van der Waals surface area contributed by atoms with Crippen LogP contribution < -0.4 is 9.47 Å². The quantitative estimate of drug-likeness (QED) is 0.813. The maximum absolute atomic E-state index is 13.3. The summed E-state index contributed by atoms with van der Waals surface area (Å²) >= 11 is 0. The molecular weight excluding hydrogens is 344 g/mol. The number of likely N-dealkylation sites (tertiary alicyclic amines) is 1. The van der Waals surface area contributed by atoms with Gasteiger partial charge in [0.15, 0.2) is 23.1 Å². The number of rotatable bonds is 7. The monoisotopic (exact) mass is 363 g/mol. The van der Waals surface area contributed by atoms with Crippen molar-refractivity contribution in [3.05, 3.63) is 54.1 Å². The minimum Gasteiger partial charge on any atom is -0.488 e. The Hall–Kier alpha value is -2.67. The average Bonchev–Trinajstić information content (AvgIpc) is 3.08. The van der Waals surface area contributed by atoms with E-state index in [1.54, 1.807) is 24.3 Å². The lowest BCUT2D eigenvalue weighted by Gasteiger charge is -2.21. The molecule has 2 aromatic rings. The summed E-state index contributed by atoms with van der Waals surface area (Å²) < 4.78 is 37.7. The predicted octanol–water partition coefficient (Wildman–Crippen LogP) is 3.68. The highest BCUT2D eigenvalue weighted by Crippen LogP contribution is 2.32. The van der Waals surface area contributed by atoms with Gasteiger partial charge in [-0.25, -0.2) is 8.78 Å². The molecule has 26 heavy (non-hydrogen) atoms. The molecule has 1 aliphatic heterocycles. The van der Waals surface area contributed by atoms with Crippen molar-refractivity contribution in [3.63, 3.8) is 0 Å². The highest BCUT2D eigenvalue weighted by molar-refractivity contribution is 5.73. The minimum absolute atomic E-state index is 0.158. The molecule has 2 aromatic carbocycles. The average molecular weight is 363 g/mol. The molecule has 7 heteroatoms. The lowest BCUT2D eigenvalue weighted by molar-refractivity contribution is -0.142. The molecule has 1 fully saturated rings. The molecule has 0 saturated carbocycles. The number of hydrogen-bond donors (Lipinski definition) is 1. The van der Waals surface area contributed by atoms with Crippen LogP contribution >= 0.6 is 0 Å². The zero-order chi connectivity index (χ0) is 18.5. The van der Waals surface area contributed by atoms with Gasteiger partial charge in [0.2, 0.25) is 0 Å². The highest BCUT2D eigenvalue weighted by Gasteiger charge is 2.30. The highest BCUT2D eigenvalue weighted by atomic mass is 19.2. The summed E-state index contributed by atoms with van der Waals surface area (Å²) in [7, 11) is 0. The molecular formula is C19H19F2NO4. The Morgan fingerprint density at radius 3 is 2.65 bits per heavy atom. The second-order valence-electron chi connectivity index (χ2n) is 6.01. The van der Waals surface area contributed by atoms with E-state index in [2.05, 4.69) is 0 Å². The van der Waals surface area contributed by atoms with Crippen LogP contribution in [0.25, 0.3) is 0 Å². The van der Waals surface area contributed by atoms with E-state index >= 15 is 0 Å². The Morgan fingerprint density at radius 1 is 1.15 bits per heavy atom. The van der Waals surface area contributed by atoms with Crippen LogP contribution in [0.5, 0.6) is 17.2 Å². The molecule has 0 aliphatic carbocycles. The first-order chi connectivity index (χ1) is 12.5. The fourth-order valence-electron chi connectivity index (χ4n) is 2.97. The van der Waals surface area contributed by atoms with Crippen LogP contribution in [0.15, 0.2) is 42.5 Å². The number of benzene rings is 2. The number of carboxylic acids is 1. The molecule has 5 nitrogen and oxygen atoms in total. The van der Waals surface area contributed by atoms with Crippen LogP contribution in [0.2, 0.25) is 0 Å². The third-order valence-electron chi connectivity index (χ3n) is 4.25. The minimum atomic E-state index is -0.991. The largest absolute Gasteiger partial charge is 0.488 e. The van der Waals surface area contributed by atoms with E-state index in [1.807, 2.05) is 4.90 Å². The molecule has 3 rings (SSSR count). The standard InChI is InChI=1S/C19H19F2NO4/c20-14-8-7-13(12-15(14)21)26-18-6-2-1-5-17(18)25-11-10-22-9-3-4-16(22)19(23)24/h1-2,5-8,12,16H,3-4,9-11H2,(H,23,24)/t16-/m0/s1. The van der Waals surface area contributed by atoms with Crippen molar-refractivity contribution in [3.8, 4) is 17.2 Å². The topological polar surface area (TPSA) is 59.0 Å². The fourth-order valence-corrected chi connectivity index (χ4v) is 2.97. The number of ether oxygens (including phenoxy) is 2. The lowest BCUT2D eigenvalue weighted by Crippen LogP contribution is -2.38. The Bertz CT molecular complexity index is 784.